The quantitative estimate of drug-likeness (QED) is 0.369. The predicted octanol–water partition coefficient (Wildman–Crippen LogP) is 1.38. The molecule has 0 bridgehead atoms. The van der Waals surface area contributed by atoms with Crippen molar-refractivity contribution in [1.29, 1.82) is 0 Å². The van der Waals surface area contributed by atoms with Crippen molar-refractivity contribution in [3.8, 4) is 0 Å². The number of nitrogens with two attached hydrogens (primary N) is 1. The Morgan fingerprint density at radius 2 is 2.15 bits per heavy atom. The number of hydrogen-bond donors (Lipinski definition) is 2. The summed E-state index contributed by atoms with van der Waals surface area (Å²) >= 11 is 0. The van der Waals surface area contributed by atoms with Gasteiger partial charge in [0, 0.05) is 30.4 Å². The van der Waals surface area contributed by atoms with Crippen molar-refractivity contribution in [1.82, 2.24) is 9.88 Å². The summed E-state index contributed by atoms with van der Waals surface area (Å²) in [5.74, 6) is 0.235. The highest BCUT2D eigenvalue weighted by molar-refractivity contribution is 5.95. The van der Waals surface area contributed by atoms with Gasteiger partial charge in [-0.15, -0.1) is 0 Å². The zero-order chi connectivity index (χ0) is 14.8. The fraction of sp³-hybridized carbons (Fsp3) is 0.500. The number of aryl methyl sites for hydroxylation is 1. The number of amidine groups is 1. The minimum atomic E-state index is -0.338. The van der Waals surface area contributed by atoms with Crippen molar-refractivity contribution in [2.24, 2.45) is 16.3 Å². The number of likely N-dealkylation sites (tertiary alicyclic amines) is 1. The van der Waals surface area contributed by atoms with E-state index in [4.69, 9.17) is 10.9 Å². The number of aromatic nitrogens is 1. The molecule has 1 amide bonds. The zero-order valence-corrected chi connectivity index (χ0v) is 11.8. The molecule has 0 atom stereocenters. The van der Waals surface area contributed by atoms with E-state index in [1.54, 1.807) is 23.2 Å². The van der Waals surface area contributed by atoms with Crippen LogP contribution in [0.5, 0.6) is 0 Å². The lowest BCUT2D eigenvalue weighted by Crippen LogP contribution is -2.47. The summed E-state index contributed by atoms with van der Waals surface area (Å²) in [6.07, 6.45) is 3.06. The fourth-order valence-electron chi connectivity index (χ4n) is 2.46. The third-order valence-corrected chi connectivity index (χ3v) is 4.12. The van der Waals surface area contributed by atoms with Crippen LogP contribution in [-0.4, -0.2) is 39.9 Å². The second-order valence-corrected chi connectivity index (χ2v) is 5.47. The molecule has 1 aliphatic rings. The van der Waals surface area contributed by atoms with E-state index in [9.17, 15) is 4.79 Å². The Hall–Kier alpha value is -2.11. The van der Waals surface area contributed by atoms with Gasteiger partial charge in [0.1, 0.15) is 5.84 Å². The van der Waals surface area contributed by atoms with Crippen LogP contribution < -0.4 is 5.73 Å². The lowest BCUT2D eigenvalue weighted by Gasteiger charge is -2.38. The van der Waals surface area contributed by atoms with Gasteiger partial charge in [0.15, 0.2) is 0 Å². The van der Waals surface area contributed by atoms with Gasteiger partial charge in [-0.3, -0.25) is 9.78 Å². The highest BCUT2D eigenvalue weighted by atomic mass is 16.4. The third-order valence-electron chi connectivity index (χ3n) is 4.12. The minimum Gasteiger partial charge on any atom is -0.409 e. The topological polar surface area (TPSA) is 91.8 Å². The molecule has 1 aromatic heterocycles. The van der Waals surface area contributed by atoms with Gasteiger partial charge in [0.2, 0.25) is 0 Å². The summed E-state index contributed by atoms with van der Waals surface area (Å²) in [4.78, 5) is 18.4. The molecule has 1 aliphatic heterocycles. The molecule has 2 rings (SSSR count). The molecule has 2 heterocycles. The predicted molar refractivity (Wildman–Crippen MR) is 75.6 cm³/mol. The maximum Gasteiger partial charge on any atom is 0.255 e. The first kappa shape index (κ1) is 14.3. The standard InChI is InChI=1S/C14H20N4O2/c1-10-11(4-3-7-16-10)12(19)18-8-5-14(2,6-9-18)13(15)17-20/h3-4,7,20H,5-6,8-9H2,1-2H3,(H2,15,17). The number of pyridine rings is 1. The number of carbonyl (C=O) groups excluding carboxylic acids is 1. The molecule has 6 heteroatoms. The summed E-state index contributed by atoms with van der Waals surface area (Å²) in [5, 5.41) is 11.9. The number of nitrogens with zero attached hydrogens (tertiary/aromatic N) is 3. The Kier molecular flexibility index (Phi) is 3.92. The van der Waals surface area contributed by atoms with Crippen LogP contribution >= 0.6 is 0 Å². The van der Waals surface area contributed by atoms with Crippen molar-refractivity contribution < 1.29 is 10.0 Å². The molecule has 0 spiro atoms. The average molecular weight is 276 g/mol. The van der Waals surface area contributed by atoms with E-state index in [-0.39, 0.29) is 17.2 Å². The van der Waals surface area contributed by atoms with Crippen molar-refractivity contribution in [3.63, 3.8) is 0 Å². The lowest BCUT2D eigenvalue weighted by molar-refractivity contribution is 0.0665. The van der Waals surface area contributed by atoms with E-state index in [2.05, 4.69) is 10.1 Å². The van der Waals surface area contributed by atoms with Crippen LogP contribution in [0.25, 0.3) is 0 Å². The lowest BCUT2D eigenvalue weighted by atomic mass is 9.79. The first-order valence-electron chi connectivity index (χ1n) is 6.67. The van der Waals surface area contributed by atoms with Crippen LogP contribution in [0.15, 0.2) is 23.5 Å². The zero-order valence-electron chi connectivity index (χ0n) is 11.8. The number of carbonyl (C=O) groups is 1. The first-order valence-corrected chi connectivity index (χ1v) is 6.67. The fourth-order valence-corrected chi connectivity index (χ4v) is 2.46. The molecule has 6 nitrogen and oxygen atoms in total. The number of hydrogen-bond acceptors (Lipinski definition) is 4. The number of piperidine rings is 1. The summed E-state index contributed by atoms with van der Waals surface area (Å²) in [7, 11) is 0. The van der Waals surface area contributed by atoms with Crippen LogP contribution in [0, 0.1) is 12.3 Å². The van der Waals surface area contributed by atoms with Crippen molar-refractivity contribution in [2.75, 3.05) is 13.1 Å². The summed E-state index contributed by atoms with van der Waals surface area (Å²) in [6.45, 7) is 4.98. The van der Waals surface area contributed by atoms with Gasteiger partial charge in [-0.2, -0.15) is 0 Å². The number of oxime groups is 1. The maximum absolute atomic E-state index is 12.4. The van der Waals surface area contributed by atoms with Crippen molar-refractivity contribution in [3.05, 3.63) is 29.6 Å². The highest BCUT2D eigenvalue weighted by Gasteiger charge is 2.36. The second kappa shape index (κ2) is 5.48. The summed E-state index contributed by atoms with van der Waals surface area (Å²) in [5.41, 5.74) is 6.76. The Labute approximate surface area is 118 Å². The molecular formula is C14H20N4O2. The molecule has 0 aromatic carbocycles. The van der Waals surface area contributed by atoms with Gasteiger partial charge in [-0.25, -0.2) is 0 Å². The van der Waals surface area contributed by atoms with Crippen LogP contribution in [0.3, 0.4) is 0 Å². The van der Waals surface area contributed by atoms with Gasteiger partial charge in [0.05, 0.1) is 5.56 Å². The average Bonchev–Trinajstić information content (AvgIpc) is 2.47. The SMILES string of the molecule is Cc1ncccc1C(=O)N1CCC(C)(/C(N)=N/O)CC1. The molecular weight excluding hydrogens is 256 g/mol. The molecule has 1 fully saturated rings. The molecule has 3 N–H and O–H groups in total. The molecule has 0 saturated carbocycles. The Morgan fingerprint density at radius 1 is 1.50 bits per heavy atom. The van der Waals surface area contributed by atoms with Gasteiger partial charge in [-0.1, -0.05) is 12.1 Å². The van der Waals surface area contributed by atoms with E-state index in [1.165, 1.54) is 0 Å². The van der Waals surface area contributed by atoms with Crippen LogP contribution in [0.2, 0.25) is 0 Å². The highest BCUT2D eigenvalue weighted by Crippen LogP contribution is 2.31. The van der Waals surface area contributed by atoms with Crippen LogP contribution in [0.4, 0.5) is 0 Å². The molecule has 1 saturated heterocycles. The van der Waals surface area contributed by atoms with E-state index < -0.39 is 0 Å². The molecule has 108 valence electrons. The van der Waals surface area contributed by atoms with E-state index in [1.807, 2.05) is 13.8 Å². The monoisotopic (exact) mass is 276 g/mol. The second-order valence-electron chi connectivity index (χ2n) is 5.47. The molecule has 1 aromatic rings. The van der Waals surface area contributed by atoms with E-state index in [0.29, 0.717) is 31.5 Å². The maximum atomic E-state index is 12.4. The first-order chi connectivity index (χ1) is 9.48. The normalized spacial score (nSPS) is 18.9. The van der Waals surface area contributed by atoms with E-state index in [0.717, 1.165) is 5.69 Å². The Bertz CT molecular complexity index is 534. The number of rotatable bonds is 2. The summed E-state index contributed by atoms with van der Waals surface area (Å²) in [6, 6.07) is 3.56. The number of amides is 1. The van der Waals surface area contributed by atoms with Gasteiger partial charge >= 0.3 is 0 Å². The Morgan fingerprint density at radius 3 is 2.70 bits per heavy atom. The van der Waals surface area contributed by atoms with Gasteiger partial charge in [0.25, 0.3) is 5.91 Å². The molecule has 20 heavy (non-hydrogen) atoms. The van der Waals surface area contributed by atoms with Gasteiger partial charge < -0.3 is 15.8 Å². The van der Waals surface area contributed by atoms with Crippen LogP contribution in [-0.2, 0) is 0 Å². The Balaban J connectivity index is 2.08. The van der Waals surface area contributed by atoms with Crippen molar-refractivity contribution in [2.45, 2.75) is 26.7 Å². The van der Waals surface area contributed by atoms with E-state index >= 15 is 0 Å². The molecule has 0 unspecified atom stereocenters. The molecule has 0 aliphatic carbocycles. The van der Waals surface area contributed by atoms with Crippen LogP contribution in [0.1, 0.15) is 35.8 Å². The largest absolute Gasteiger partial charge is 0.409 e. The third kappa shape index (κ3) is 2.59. The molecule has 0 radical (unpaired) electrons. The smallest absolute Gasteiger partial charge is 0.255 e. The summed E-state index contributed by atoms with van der Waals surface area (Å²) < 4.78 is 0. The van der Waals surface area contributed by atoms with Gasteiger partial charge in [-0.05, 0) is 31.9 Å². The van der Waals surface area contributed by atoms with Crippen molar-refractivity contribution >= 4 is 11.7 Å². The minimum absolute atomic E-state index is 0.00263.